The van der Waals surface area contributed by atoms with E-state index in [4.69, 9.17) is 10.5 Å². The van der Waals surface area contributed by atoms with Gasteiger partial charge in [0.25, 0.3) is 0 Å². The molecular formula is C15H20FN3O. The summed E-state index contributed by atoms with van der Waals surface area (Å²) >= 11 is 0. The number of nitrogens with zero attached hydrogens (tertiary/aromatic N) is 2. The van der Waals surface area contributed by atoms with Crippen LogP contribution in [0.2, 0.25) is 0 Å². The monoisotopic (exact) mass is 277 g/mol. The highest BCUT2D eigenvalue weighted by Gasteiger charge is 2.14. The van der Waals surface area contributed by atoms with Crippen LogP contribution in [0, 0.1) is 5.82 Å². The van der Waals surface area contributed by atoms with Crippen LogP contribution in [-0.4, -0.2) is 22.3 Å². The smallest absolute Gasteiger partial charge is 0.201 e. The highest BCUT2D eigenvalue weighted by atomic mass is 19.1. The van der Waals surface area contributed by atoms with Gasteiger partial charge in [0.05, 0.1) is 23.7 Å². The number of rotatable bonds is 4. The minimum atomic E-state index is -0.271. The van der Waals surface area contributed by atoms with E-state index < -0.39 is 0 Å². The Kier molecular flexibility index (Phi) is 3.87. The molecule has 5 heteroatoms. The van der Waals surface area contributed by atoms with Crippen molar-refractivity contribution in [2.45, 2.75) is 44.8 Å². The van der Waals surface area contributed by atoms with Gasteiger partial charge in [0.1, 0.15) is 5.82 Å². The van der Waals surface area contributed by atoms with E-state index in [2.05, 4.69) is 4.98 Å². The maximum absolute atomic E-state index is 13.3. The maximum atomic E-state index is 13.3. The van der Waals surface area contributed by atoms with Crippen LogP contribution >= 0.6 is 0 Å². The molecule has 1 aliphatic carbocycles. The summed E-state index contributed by atoms with van der Waals surface area (Å²) in [6.45, 7) is 1.21. The Balaban J connectivity index is 1.67. The molecule has 108 valence electrons. The fourth-order valence-corrected chi connectivity index (χ4v) is 2.89. The number of aromatic nitrogens is 2. The number of halogens is 1. The van der Waals surface area contributed by atoms with Gasteiger partial charge in [-0.1, -0.05) is 19.3 Å². The Bertz CT molecular complexity index is 590. The van der Waals surface area contributed by atoms with Crippen LogP contribution in [0.5, 0.6) is 0 Å². The van der Waals surface area contributed by atoms with Gasteiger partial charge in [-0.15, -0.1) is 0 Å². The third-order valence-corrected chi connectivity index (χ3v) is 3.96. The van der Waals surface area contributed by atoms with Crippen LogP contribution in [0.15, 0.2) is 18.2 Å². The summed E-state index contributed by atoms with van der Waals surface area (Å²) in [5, 5.41) is 0. The summed E-state index contributed by atoms with van der Waals surface area (Å²) in [5.41, 5.74) is 7.35. The standard InChI is InChI=1S/C15H20FN3O/c16-11-6-7-13-14(10-11)19(15(17)18-13)8-9-20-12-4-2-1-3-5-12/h6-7,10,12H,1-5,8-9H2,(H2,17,18). The zero-order valence-electron chi connectivity index (χ0n) is 11.5. The molecule has 0 amide bonds. The van der Waals surface area contributed by atoms with Crippen molar-refractivity contribution in [3.8, 4) is 0 Å². The Morgan fingerprint density at radius 3 is 2.90 bits per heavy atom. The van der Waals surface area contributed by atoms with Gasteiger partial charge in [0.15, 0.2) is 0 Å². The van der Waals surface area contributed by atoms with E-state index >= 15 is 0 Å². The number of nitrogens with two attached hydrogens (primary N) is 1. The molecular weight excluding hydrogens is 257 g/mol. The van der Waals surface area contributed by atoms with Gasteiger partial charge in [-0.25, -0.2) is 9.37 Å². The molecule has 4 nitrogen and oxygen atoms in total. The number of nitrogen functional groups attached to an aromatic ring is 1. The normalized spacial score (nSPS) is 16.9. The lowest BCUT2D eigenvalue weighted by atomic mass is 9.98. The number of hydrogen-bond donors (Lipinski definition) is 1. The maximum Gasteiger partial charge on any atom is 0.201 e. The van der Waals surface area contributed by atoms with Crippen molar-refractivity contribution < 1.29 is 9.13 Å². The lowest BCUT2D eigenvalue weighted by Gasteiger charge is -2.22. The van der Waals surface area contributed by atoms with Gasteiger partial charge >= 0.3 is 0 Å². The van der Waals surface area contributed by atoms with Gasteiger partial charge in [-0.3, -0.25) is 0 Å². The first-order valence-electron chi connectivity index (χ1n) is 7.27. The molecule has 0 aliphatic heterocycles. The van der Waals surface area contributed by atoms with Crippen molar-refractivity contribution in [3.63, 3.8) is 0 Å². The van der Waals surface area contributed by atoms with Crippen molar-refractivity contribution >= 4 is 17.0 Å². The van der Waals surface area contributed by atoms with Crippen molar-refractivity contribution in [2.75, 3.05) is 12.3 Å². The van der Waals surface area contributed by atoms with E-state index in [9.17, 15) is 4.39 Å². The van der Waals surface area contributed by atoms with Crippen LogP contribution in [0.3, 0.4) is 0 Å². The summed E-state index contributed by atoms with van der Waals surface area (Å²) < 4.78 is 21.0. The average molecular weight is 277 g/mol. The second-order valence-electron chi connectivity index (χ2n) is 5.39. The quantitative estimate of drug-likeness (QED) is 0.934. The lowest BCUT2D eigenvalue weighted by Crippen LogP contribution is -2.19. The molecule has 2 N–H and O–H groups in total. The van der Waals surface area contributed by atoms with Gasteiger partial charge in [0, 0.05) is 6.54 Å². The van der Waals surface area contributed by atoms with E-state index in [0.717, 1.165) is 23.9 Å². The van der Waals surface area contributed by atoms with Crippen LogP contribution in [0.4, 0.5) is 10.3 Å². The van der Waals surface area contributed by atoms with E-state index in [-0.39, 0.29) is 5.82 Å². The first-order chi connectivity index (χ1) is 9.74. The van der Waals surface area contributed by atoms with Gasteiger partial charge in [0.2, 0.25) is 5.95 Å². The number of imidazole rings is 1. The molecule has 0 unspecified atom stereocenters. The molecule has 1 saturated carbocycles. The molecule has 1 aliphatic rings. The molecule has 0 saturated heterocycles. The second-order valence-corrected chi connectivity index (χ2v) is 5.39. The van der Waals surface area contributed by atoms with Gasteiger partial charge in [-0.05, 0) is 31.0 Å². The zero-order valence-corrected chi connectivity index (χ0v) is 11.5. The molecule has 1 fully saturated rings. The third-order valence-electron chi connectivity index (χ3n) is 3.96. The fraction of sp³-hybridized carbons (Fsp3) is 0.533. The van der Waals surface area contributed by atoms with Crippen LogP contribution in [0.25, 0.3) is 11.0 Å². The van der Waals surface area contributed by atoms with Gasteiger partial charge < -0.3 is 15.0 Å². The topological polar surface area (TPSA) is 53.1 Å². The van der Waals surface area contributed by atoms with E-state index in [0.29, 0.717) is 25.2 Å². The van der Waals surface area contributed by atoms with Crippen molar-refractivity contribution in [1.82, 2.24) is 9.55 Å². The number of fused-ring (bicyclic) bond motifs is 1. The van der Waals surface area contributed by atoms with Crippen molar-refractivity contribution in [2.24, 2.45) is 0 Å². The molecule has 20 heavy (non-hydrogen) atoms. The predicted molar refractivity (Wildman–Crippen MR) is 76.9 cm³/mol. The highest BCUT2D eigenvalue weighted by Crippen LogP contribution is 2.21. The first-order valence-corrected chi connectivity index (χ1v) is 7.27. The molecule has 1 heterocycles. The third kappa shape index (κ3) is 2.77. The number of hydrogen-bond acceptors (Lipinski definition) is 3. The molecule has 0 atom stereocenters. The predicted octanol–water partition coefficient (Wildman–Crippen LogP) is 3.11. The highest BCUT2D eigenvalue weighted by molar-refractivity contribution is 5.78. The van der Waals surface area contributed by atoms with Gasteiger partial charge in [-0.2, -0.15) is 0 Å². The van der Waals surface area contributed by atoms with E-state index in [1.807, 2.05) is 4.57 Å². The van der Waals surface area contributed by atoms with Crippen LogP contribution < -0.4 is 5.73 Å². The number of ether oxygens (including phenoxy) is 1. The molecule has 0 bridgehead atoms. The lowest BCUT2D eigenvalue weighted by molar-refractivity contribution is 0.0246. The fourth-order valence-electron chi connectivity index (χ4n) is 2.89. The molecule has 3 rings (SSSR count). The largest absolute Gasteiger partial charge is 0.376 e. The van der Waals surface area contributed by atoms with Crippen LogP contribution in [-0.2, 0) is 11.3 Å². The Labute approximate surface area is 117 Å². The molecule has 2 aromatic rings. The summed E-state index contributed by atoms with van der Waals surface area (Å²) in [4.78, 5) is 4.24. The average Bonchev–Trinajstić information content (AvgIpc) is 2.76. The van der Waals surface area contributed by atoms with E-state index in [1.165, 1.54) is 31.4 Å². The molecule has 1 aromatic carbocycles. The molecule has 0 spiro atoms. The first kappa shape index (κ1) is 13.4. The summed E-state index contributed by atoms with van der Waals surface area (Å²) in [5.74, 6) is 0.143. The van der Waals surface area contributed by atoms with Crippen molar-refractivity contribution in [1.29, 1.82) is 0 Å². The zero-order chi connectivity index (χ0) is 13.9. The van der Waals surface area contributed by atoms with Crippen LogP contribution in [0.1, 0.15) is 32.1 Å². The minimum Gasteiger partial charge on any atom is -0.376 e. The van der Waals surface area contributed by atoms with Crippen molar-refractivity contribution in [3.05, 3.63) is 24.0 Å². The summed E-state index contributed by atoms with van der Waals surface area (Å²) in [7, 11) is 0. The van der Waals surface area contributed by atoms with E-state index in [1.54, 1.807) is 6.07 Å². The second kappa shape index (κ2) is 5.79. The number of anilines is 1. The Morgan fingerprint density at radius 2 is 2.10 bits per heavy atom. The minimum absolute atomic E-state index is 0.271. The summed E-state index contributed by atoms with van der Waals surface area (Å²) in [6, 6.07) is 4.52. The summed E-state index contributed by atoms with van der Waals surface area (Å²) in [6.07, 6.45) is 6.50. The molecule has 1 aromatic heterocycles. The SMILES string of the molecule is Nc1nc2ccc(F)cc2n1CCOC1CCCCC1. The Hall–Kier alpha value is -1.62. The Morgan fingerprint density at radius 1 is 1.30 bits per heavy atom. The molecule has 0 radical (unpaired) electrons. The number of benzene rings is 1.